The Hall–Kier alpha value is -1.39. The second-order valence-corrected chi connectivity index (χ2v) is 6.18. The summed E-state index contributed by atoms with van der Waals surface area (Å²) in [6.45, 7) is 8.87. The molecule has 1 aromatic heterocycles. The third-order valence-corrected chi connectivity index (χ3v) is 4.01. The number of para-hydroxylation sites is 1. The van der Waals surface area contributed by atoms with E-state index in [4.69, 9.17) is 4.74 Å². The van der Waals surface area contributed by atoms with Gasteiger partial charge in [0, 0.05) is 17.6 Å². The fourth-order valence-corrected chi connectivity index (χ4v) is 2.78. The van der Waals surface area contributed by atoms with Crippen molar-refractivity contribution in [3.05, 3.63) is 45.9 Å². The van der Waals surface area contributed by atoms with Gasteiger partial charge in [0.1, 0.15) is 17.4 Å². The summed E-state index contributed by atoms with van der Waals surface area (Å²) in [5.74, 6) is 1.43. The Morgan fingerprint density at radius 3 is 2.85 bits per heavy atom. The van der Waals surface area contributed by atoms with Crippen LogP contribution in [0.1, 0.15) is 42.1 Å². The van der Waals surface area contributed by atoms with Gasteiger partial charge >= 0.3 is 0 Å². The van der Waals surface area contributed by atoms with Crippen molar-refractivity contribution in [2.24, 2.45) is 0 Å². The fraction of sp³-hybridized carbons (Fsp3) is 0.438. The molecule has 1 N–H and O–H groups in total. The molecule has 0 atom stereocenters. The van der Waals surface area contributed by atoms with Gasteiger partial charge in [0.15, 0.2) is 0 Å². The molecule has 0 amide bonds. The van der Waals surface area contributed by atoms with Crippen molar-refractivity contribution in [2.75, 3.05) is 6.54 Å². The summed E-state index contributed by atoms with van der Waals surface area (Å²) >= 11 is 1.71. The van der Waals surface area contributed by atoms with E-state index in [1.807, 2.05) is 18.3 Å². The van der Waals surface area contributed by atoms with Crippen LogP contribution >= 0.6 is 11.3 Å². The third-order valence-electron chi connectivity index (χ3n) is 3.04. The number of rotatable bonds is 7. The topological polar surface area (TPSA) is 34.2 Å². The zero-order valence-corrected chi connectivity index (χ0v) is 13.2. The summed E-state index contributed by atoms with van der Waals surface area (Å²) in [6, 6.07) is 8.22. The van der Waals surface area contributed by atoms with Crippen molar-refractivity contribution < 1.29 is 4.74 Å². The molecule has 0 aliphatic carbocycles. The number of aromatic nitrogens is 1. The van der Waals surface area contributed by atoms with Crippen molar-refractivity contribution in [2.45, 2.75) is 39.8 Å². The van der Waals surface area contributed by atoms with E-state index in [0.29, 0.717) is 12.5 Å². The first kappa shape index (κ1) is 15.0. The minimum absolute atomic E-state index is 0.465. The van der Waals surface area contributed by atoms with E-state index in [9.17, 15) is 0 Å². The SMILES string of the molecule is CCNCc1cnc(COc2ccccc2C(C)C)s1. The number of nitrogens with zero attached hydrogens (tertiary/aromatic N) is 1. The molecular formula is C16H22N2OS. The number of nitrogens with one attached hydrogen (secondary N) is 1. The molecule has 0 aliphatic heterocycles. The predicted molar refractivity (Wildman–Crippen MR) is 84.4 cm³/mol. The highest BCUT2D eigenvalue weighted by atomic mass is 32.1. The number of hydrogen-bond acceptors (Lipinski definition) is 4. The molecule has 108 valence electrons. The molecule has 20 heavy (non-hydrogen) atoms. The van der Waals surface area contributed by atoms with Crippen molar-refractivity contribution in [1.82, 2.24) is 10.3 Å². The second-order valence-electron chi connectivity index (χ2n) is 4.98. The molecule has 0 spiro atoms. The maximum atomic E-state index is 5.93. The lowest BCUT2D eigenvalue weighted by Crippen LogP contribution is -2.10. The zero-order chi connectivity index (χ0) is 14.4. The van der Waals surface area contributed by atoms with Crippen molar-refractivity contribution in [3.63, 3.8) is 0 Å². The van der Waals surface area contributed by atoms with E-state index >= 15 is 0 Å². The van der Waals surface area contributed by atoms with Crippen LogP contribution in [-0.2, 0) is 13.2 Å². The average Bonchev–Trinajstić information content (AvgIpc) is 2.91. The van der Waals surface area contributed by atoms with Gasteiger partial charge in [-0.25, -0.2) is 4.98 Å². The average molecular weight is 290 g/mol. The van der Waals surface area contributed by atoms with Crippen molar-refractivity contribution >= 4 is 11.3 Å². The van der Waals surface area contributed by atoms with E-state index in [-0.39, 0.29) is 0 Å². The maximum Gasteiger partial charge on any atom is 0.140 e. The summed E-state index contributed by atoms with van der Waals surface area (Å²) in [5, 5.41) is 4.33. The Balaban J connectivity index is 1.96. The summed E-state index contributed by atoms with van der Waals surface area (Å²) in [6.07, 6.45) is 1.93. The Morgan fingerprint density at radius 2 is 2.10 bits per heavy atom. The van der Waals surface area contributed by atoms with Crippen LogP contribution in [0.3, 0.4) is 0 Å². The molecule has 3 nitrogen and oxygen atoms in total. The van der Waals surface area contributed by atoms with Gasteiger partial charge in [-0.05, 0) is 24.1 Å². The van der Waals surface area contributed by atoms with Crippen LogP contribution in [0.2, 0.25) is 0 Å². The standard InChI is InChI=1S/C16H22N2OS/c1-4-17-9-13-10-18-16(20-13)11-19-15-8-6-5-7-14(15)12(2)3/h5-8,10,12,17H,4,9,11H2,1-3H3. The van der Waals surface area contributed by atoms with E-state index in [1.54, 1.807) is 11.3 Å². The minimum Gasteiger partial charge on any atom is -0.486 e. The van der Waals surface area contributed by atoms with Crippen LogP contribution in [0.15, 0.2) is 30.5 Å². The fourth-order valence-electron chi connectivity index (χ4n) is 1.97. The molecule has 1 aromatic carbocycles. The van der Waals surface area contributed by atoms with Crippen LogP contribution < -0.4 is 10.1 Å². The van der Waals surface area contributed by atoms with Gasteiger partial charge in [-0.3, -0.25) is 0 Å². The Morgan fingerprint density at radius 1 is 1.30 bits per heavy atom. The van der Waals surface area contributed by atoms with Gasteiger partial charge in [0.05, 0.1) is 0 Å². The lowest BCUT2D eigenvalue weighted by Gasteiger charge is -2.12. The summed E-state index contributed by atoms with van der Waals surface area (Å²) in [4.78, 5) is 5.66. The maximum absolute atomic E-state index is 5.93. The smallest absolute Gasteiger partial charge is 0.140 e. The Kier molecular flexibility index (Phi) is 5.56. The van der Waals surface area contributed by atoms with Crippen LogP contribution in [0.25, 0.3) is 0 Å². The van der Waals surface area contributed by atoms with Gasteiger partial charge in [0.2, 0.25) is 0 Å². The summed E-state index contributed by atoms with van der Waals surface area (Å²) in [5.41, 5.74) is 1.25. The van der Waals surface area contributed by atoms with Gasteiger partial charge in [0.25, 0.3) is 0 Å². The highest BCUT2D eigenvalue weighted by Gasteiger charge is 2.08. The number of benzene rings is 1. The molecule has 4 heteroatoms. The van der Waals surface area contributed by atoms with Crippen molar-refractivity contribution in [1.29, 1.82) is 0 Å². The molecule has 2 aromatic rings. The molecule has 1 heterocycles. The first-order valence-corrected chi connectivity index (χ1v) is 7.88. The molecule has 0 aliphatic rings. The van der Waals surface area contributed by atoms with E-state index in [1.165, 1.54) is 10.4 Å². The first-order chi connectivity index (χ1) is 9.70. The number of thiazole rings is 1. The van der Waals surface area contributed by atoms with Crippen molar-refractivity contribution in [3.8, 4) is 5.75 Å². The monoisotopic (exact) mass is 290 g/mol. The molecule has 0 saturated heterocycles. The summed E-state index contributed by atoms with van der Waals surface area (Å²) < 4.78 is 5.93. The molecule has 0 bridgehead atoms. The van der Waals surface area contributed by atoms with Gasteiger partial charge < -0.3 is 10.1 Å². The lowest BCUT2D eigenvalue weighted by molar-refractivity contribution is 0.301. The van der Waals surface area contributed by atoms with E-state index < -0.39 is 0 Å². The lowest BCUT2D eigenvalue weighted by atomic mass is 10.0. The van der Waals surface area contributed by atoms with Gasteiger partial charge in [-0.2, -0.15) is 0 Å². The second kappa shape index (κ2) is 7.41. The molecule has 0 fully saturated rings. The molecule has 2 rings (SSSR count). The Bertz CT molecular complexity index is 537. The van der Waals surface area contributed by atoms with E-state index in [2.05, 4.69) is 43.2 Å². The highest BCUT2D eigenvalue weighted by molar-refractivity contribution is 7.11. The zero-order valence-electron chi connectivity index (χ0n) is 12.3. The molecule has 0 unspecified atom stereocenters. The van der Waals surface area contributed by atoms with Crippen LogP contribution in [0.5, 0.6) is 5.75 Å². The largest absolute Gasteiger partial charge is 0.486 e. The number of ether oxygens (including phenoxy) is 1. The summed E-state index contributed by atoms with van der Waals surface area (Å²) in [7, 11) is 0. The molecule has 0 radical (unpaired) electrons. The highest BCUT2D eigenvalue weighted by Crippen LogP contribution is 2.27. The van der Waals surface area contributed by atoms with Gasteiger partial charge in [-0.15, -0.1) is 11.3 Å². The Labute approximate surface area is 125 Å². The normalized spacial score (nSPS) is 11.0. The van der Waals surface area contributed by atoms with Crippen LogP contribution in [-0.4, -0.2) is 11.5 Å². The first-order valence-electron chi connectivity index (χ1n) is 7.06. The number of hydrogen-bond donors (Lipinski definition) is 1. The van der Waals surface area contributed by atoms with Crippen LogP contribution in [0.4, 0.5) is 0 Å². The minimum atomic E-state index is 0.465. The predicted octanol–water partition coefficient (Wildman–Crippen LogP) is 3.96. The molecular weight excluding hydrogens is 268 g/mol. The van der Waals surface area contributed by atoms with Crippen LogP contribution in [0, 0.1) is 0 Å². The molecule has 0 saturated carbocycles. The van der Waals surface area contributed by atoms with Gasteiger partial charge in [-0.1, -0.05) is 39.0 Å². The quantitative estimate of drug-likeness (QED) is 0.838. The van der Waals surface area contributed by atoms with E-state index in [0.717, 1.165) is 23.8 Å². The third kappa shape index (κ3) is 4.05.